The molecular weight excluding hydrogens is 618 g/mol. The van der Waals surface area contributed by atoms with Gasteiger partial charge in [-0.3, -0.25) is 9.59 Å². The molecule has 2 heterocycles. The number of carbonyl (C=O) groups excluding carboxylic acids is 1. The number of hydrogen-bond donors (Lipinski definition) is 2. The van der Waals surface area contributed by atoms with Crippen molar-refractivity contribution in [1.82, 2.24) is 24.6 Å². The van der Waals surface area contributed by atoms with Crippen LogP contribution in [-0.4, -0.2) is 63.9 Å². The number of aryl methyl sites for hydroxylation is 3. The van der Waals surface area contributed by atoms with E-state index in [0.717, 1.165) is 38.9 Å². The fraction of sp³-hybridized carbons (Fsp3) is 0.429. The molecule has 5 rings (SSSR count). The van der Waals surface area contributed by atoms with Gasteiger partial charge in [0.1, 0.15) is 22.3 Å². The molecule has 1 amide bonds. The number of para-hydroxylation sites is 1. The van der Waals surface area contributed by atoms with Crippen molar-refractivity contribution in [3.8, 4) is 5.75 Å². The van der Waals surface area contributed by atoms with Gasteiger partial charge in [-0.1, -0.05) is 62.4 Å². The Hall–Kier alpha value is -4.29. The molecule has 1 aliphatic heterocycles. The van der Waals surface area contributed by atoms with Gasteiger partial charge in [0.15, 0.2) is 0 Å². The van der Waals surface area contributed by atoms with Crippen LogP contribution in [0.3, 0.4) is 0 Å². The zero-order chi connectivity index (χ0) is 34.1. The number of aromatic nitrogens is 3. The summed E-state index contributed by atoms with van der Waals surface area (Å²) in [4.78, 5) is 25.1. The van der Waals surface area contributed by atoms with Crippen molar-refractivity contribution in [2.24, 2.45) is 5.41 Å². The summed E-state index contributed by atoms with van der Waals surface area (Å²) >= 11 is 0. The van der Waals surface area contributed by atoms with Crippen LogP contribution in [0.2, 0.25) is 0 Å². The van der Waals surface area contributed by atoms with E-state index >= 15 is 0 Å². The highest BCUT2D eigenvalue weighted by Gasteiger charge is 2.41. The second kappa shape index (κ2) is 13.4. The first-order valence-corrected chi connectivity index (χ1v) is 17.4. The lowest BCUT2D eigenvalue weighted by Crippen LogP contribution is -2.42. The summed E-state index contributed by atoms with van der Waals surface area (Å²) in [5.41, 5.74) is 4.90. The van der Waals surface area contributed by atoms with E-state index in [2.05, 4.69) is 15.6 Å². The second-order valence-electron chi connectivity index (χ2n) is 12.7. The predicted octanol–water partition coefficient (Wildman–Crippen LogP) is 5.18. The van der Waals surface area contributed by atoms with E-state index < -0.39 is 27.3 Å². The summed E-state index contributed by atoms with van der Waals surface area (Å²) in [6.07, 6.45) is 0.128. The van der Waals surface area contributed by atoms with E-state index in [4.69, 9.17) is 9.84 Å². The summed E-state index contributed by atoms with van der Waals surface area (Å²) in [7, 11) is -3.87. The van der Waals surface area contributed by atoms with Gasteiger partial charge >= 0.3 is 5.97 Å². The van der Waals surface area contributed by atoms with Gasteiger partial charge in [0.2, 0.25) is 15.9 Å². The van der Waals surface area contributed by atoms with Gasteiger partial charge in [0.25, 0.3) is 0 Å². The standard InChI is InChI=1S/C35H43N5O6S/c1-7-26-21-39(47(44,45)30-12-10-9-11-29(30)46-26)20-25-19-24(14-13-22(25)3)32(35(5,6)34(43)36-18-17-31(41)42)27-15-16-28-33(23(27)4)37-38-40(28)8-2/h9-16,19,26,32H,7-8,17-18,20-21H2,1-6H3,(H,36,43)(H,41,42)/t26-,32?/m1/s1. The minimum Gasteiger partial charge on any atom is -0.488 e. The second-order valence-corrected chi connectivity index (χ2v) is 14.6. The Kier molecular flexibility index (Phi) is 9.74. The first-order valence-electron chi connectivity index (χ1n) is 16.0. The highest BCUT2D eigenvalue weighted by Crippen LogP contribution is 2.44. The van der Waals surface area contributed by atoms with Crippen LogP contribution in [0.5, 0.6) is 5.75 Å². The van der Waals surface area contributed by atoms with Crippen molar-refractivity contribution in [3.05, 3.63) is 82.4 Å². The molecule has 0 bridgehead atoms. The van der Waals surface area contributed by atoms with E-state index in [1.54, 1.807) is 24.3 Å². The van der Waals surface area contributed by atoms with Gasteiger partial charge in [-0.25, -0.2) is 13.1 Å². The molecule has 12 heteroatoms. The number of carbonyl (C=O) groups is 2. The number of ether oxygens (including phenoxy) is 1. The first kappa shape index (κ1) is 34.1. The normalized spacial score (nSPS) is 17.0. The number of rotatable bonds is 11. The fourth-order valence-electron chi connectivity index (χ4n) is 6.39. The van der Waals surface area contributed by atoms with E-state index in [1.807, 2.05) is 76.6 Å². The molecule has 0 fully saturated rings. The van der Waals surface area contributed by atoms with E-state index in [1.165, 1.54) is 4.31 Å². The van der Waals surface area contributed by atoms with E-state index in [-0.39, 0.29) is 43.0 Å². The Morgan fingerprint density at radius 3 is 2.55 bits per heavy atom. The molecule has 1 aromatic heterocycles. The molecule has 1 unspecified atom stereocenters. The molecular formula is C35H43N5O6S. The van der Waals surface area contributed by atoms with Crippen LogP contribution in [-0.2, 0) is 32.7 Å². The van der Waals surface area contributed by atoms with Crippen LogP contribution >= 0.6 is 0 Å². The Labute approximate surface area is 276 Å². The lowest BCUT2D eigenvalue weighted by molar-refractivity contribution is -0.137. The van der Waals surface area contributed by atoms with Crippen molar-refractivity contribution < 1.29 is 27.9 Å². The quantitative estimate of drug-likeness (QED) is 0.224. The van der Waals surface area contributed by atoms with Crippen molar-refractivity contribution in [3.63, 3.8) is 0 Å². The highest BCUT2D eigenvalue weighted by molar-refractivity contribution is 7.89. The minimum absolute atomic E-state index is 0.00126. The number of hydrogen-bond acceptors (Lipinski definition) is 7. The molecule has 47 heavy (non-hydrogen) atoms. The van der Waals surface area contributed by atoms with Crippen molar-refractivity contribution in [2.75, 3.05) is 13.1 Å². The van der Waals surface area contributed by atoms with Crippen molar-refractivity contribution in [2.45, 2.75) is 84.4 Å². The number of aliphatic carboxylic acids is 1. The number of fused-ring (bicyclic) bond motifs is 2. The number of nitrogens with zero attached hydrogens (tertiary/aromatic N) is 4. The first-order chi connectivity index (χ1) is 22.3. The van der Waals surface area contributed by atoms with Crippen LogP contribution in [0.25, 0.3) is 11.0 Å². The molecule has 250 valence electrons. The van der Waals surface area contributed by atoms with E-state index in [9.17, 15) is 18.0 Å². The largest absolute Gasteiger partial charge is 0.488 e. The Bertz CT molecular complexity index is 1920. The van der Waals surface area contributed by atoms with Crippen LogP contribution in [0, 0.1) is 19.3 Å². The summed E-state index contributed by atoms with van der Waals surface area (Å²) < 4.78 is 37.4. The number of benzene rings is 3. The molecule has 4 aromatic rings. The Balaban J connectivity index is 1.61. The van der Waals surface area contributed by atoms with Gasteiger partial charge in [-0.2, -0.15) is 4.31 Å². The molecule has 0 aliphatic carbocycles. The molecule has 0 radical (unpaired) electrons. The van der Waals surface area contributed by atoms with Crippen molar-refractivity contribution in [1.29, 1.82) is 0 Å². The van der Waals surface area contributed by atoms with Gasteiger partial charge in [-0.05, 0) is 73.2 Å². The topological polar surface area (TPSA) is 144 Å². The van der Waals surface area contributed by atoms with Crippen LogP contribution in [0.15, 0.2) is 59.5 Å². The van der Waals surface area contributed by atoms with Crippen molar-refractivity contribution >= 4 is 32.9 Å². The third-order valence-electron chi connectivity index (χ3n) is 9.20. The number of carboxylic acid groups (broad SMARTS) is 1. The molecule has 3 aromatic carbocycles. The molecule has 0 saturated carbocycles. The lowest BCUT2D eigenvalue weighted by atomic mass is 9.69. The number of nitrogens with one attached hydrogen (secondary N) is 1. The molecule has 2 N–H and O–H groups in total. The molecule has 11 nitrogen and oxygen atoms in total. The molecule has 0 spiro atoms. The maximum atomic E-state index is 14.0. The Morgan fingerprint density at radius 2 is 1.85 bits per heavy atom. The summed E-state index contributed by atoms with van der Waals surface area (Å²) in [5, 5.41) is 20.7. The zero-order valence-corrected chi connectivity index (χ0v) is 28.6. The smallest absolute Gasteiger partial charge is 0.305 e. The molecule has 2 atom stereocenters. The SMILES string of the molecule is CC[C@@H]1CN(Cc2cc(C(c3ccc4c(nnn4CC)c3C)C(C)(C)C(=O)NCCC(=O)O)ccc2C)S(=O)(=O)c2ccccc2O1. The minimum atomic E-state index is -3.87. The predicted molar refractivity (Wildman–Crippen MR) is 179 cm³/mol. The van der Waals surface area contributed by atoms with Gasteiger partial charge < -0.3 is 15.2 Å². The molecule has 1 aliphatic rings. The van der Waals surface area contributed by atoms with Crippen LogP contribution in [0.1, 0.15) is 74.3 Å². The third-order valence-corrected chi connectivity index (χ3v) is 11.1. The Morgan fingerprint density at radius 1 is 1.11 bits per heavy atom. The van der Waals surface area contributed by atoms with Gasteiger partial charge in [-0.15, -0.1) is 5.10 Å². The fourth-order valence-corrected chi connectivity index (χ4v) is 7.96. The summed E-state index contributed by atoms with van der Waals surface area (Å²) in [5.74, 6) is -1.42. The monoisotopic (exact) mass is 661 g/mol. The van der Waals surface area contributed by atoms with Crippen LogP contribution in [0.4, 0.5) is 0 Å². The lowest BCUT2D eigenvalue weighted by Gasteiger charge is -2.35. The summed E-state index contributed by atoms with van der Waals surface area (Å²) in [6.45, 7) is 12.6. The summed E-state index contributed by atoms with van der Waals surface area (Å²) in [6, 6.07) is 16.6. The zero-order valence-electron chi connectivity index (χ0n) is 27.8. The maximum Gasteiger partial charge on any atom is 0.305 e. The third kappa shape index (κ3) is 6.62. The number of amides is 1. The highest BCUT2D eigenvalue weighted by atomic mass is 32.2. The average Bonchev–Trinajstić information content (AvgIpc) is 3.42. The number of sulfonamides is 1. The van der Waals surface area contributed by atoms with E-state index in [0.29, 0.717) is 18.7 Å². The van der Waals surface area contributed by atoms with Gasteiger partial charge in [0.05, 0.1) is 23.9 Å². The van der Waals surface area contributed by atoms with Gasteiger partial charge in [0, 0.05) is 25.6 Å². The average molecular weight is 662 g/mol. The number of carboxylic acids is 1. The maximum absolute atomic E-state index is 14.0. The van der Waals surface area contributed by atoms with Crippen LogP contribution < -0.4 is 10.1 Å². The molecule has 0 saturated heterocycles.